The second-order valence-electron chi connectivity index (χ2n) is 6.54. The third-order valence-corrected chi connectivity index (χ3v) is 4.59. The molecule has 7 nitrogen and oxygen atoms in total. The molecule has 1 heterocycles. The van der Waals surface area contributed by atoms with E-state index in [1.807, 2.05) is 0 Å². The van der Waals surface area contributed by atoms with E-state index >= 15 is 0 Å². The van der Waals surface area contributed by atoms with Crippen LogP contribution in [0.4, 0.5) is 0 Å². The summed E-state index contributed by atoms with van der Waals surface area (Å²) in [4.78, 5) is 12.1. The highest BCUT2D eigenvalue weighted by molar-refractivity contribution is 5.96. The molecular weight excluding hydrogens is 304 g/mol. The van der Waals surface area contributed by atoms with Crippen molar-refractivity contribution in [1.29, 1.82) is 0 Å². The number of Topliss-reactive ketones (excluding diaryl/α,β-unsaturated/α-hetero) is 1. The lowest BCUT2D eigenvalue weighted by molar-refractivity contribution is -0.299. The SMILES string of the molecule is C/C(CO[C@@H]1O[C@H](CO)[C@@H](O)[C@H](O)[C@H]1O)=C1/CC[C@H](C)CC1=O. The molecule has 23 heavy (non-hydrogen) atoms. The van der Waals surface area contributed by atoms with Gasteiger partial charge in [0.15, 0.2) is 12.1 Å². The topological polar surface area (TPSA) is 116 Å². The van der Waals surface area contributed by atoms with E-state index in [4.69, 9.17) is 14.6 Å². The first-order chi connectivity index (χ1) is 10.8. The predicted molar refractivity (Wildman–Crippen MR) is 80.4 cm³/mol. The molecular formula is C16H26O7. The molecule has 1 aliphatic heterocycles. The van der Waals surface area contributed by atoms with Crippen molar-refractivity contribution in [2.75, 3.05) is 13.2 Å². The highest BCUT2D eigenvalue weighted by Crippen LogP contribution is 2.28. The summed E-state index contributed by atoms with van der Waals surface area (Å²) in [6.45, 7) is 3.43. The summed E-state index contributed by atoms with van der Waals surface area (Å²) in [7, 11) is 0. The Morgan fingerprint density at radius 2 is 1.96 bits per heavy atom. The van der Waals surface area contributed by atoms with Crippen molar-refractivity contribution >= 4 is 5.78 Å². The van der Waals surface area contributed by atoms with Gasteiger partial charge in [-0.05, 0) is 36.8 Å². The van der Waals surface area contributed by atoms with E-state index in [0.29, 0.717) is 18.8 Å². The van der Waals surface area contributed by atoms with Crippen LogP contribution in [-0.4, -0.2) is 70.1 Å². The first-order valence-electron chi connectivity index (χ1n) is 7.99. The summed E-state index contributed by atoms with van der Waals surface area (Å²) in [5.41, 5.74) is 1.53. The molecule has 6 atom stereocenters. The maximum atomic E-state index is 12.1. The van der Waals surface area contributed by atoms with E-state index in [2.05, 4.69) is 6.92 Å². The molecule has 0 bridgehead atoms. The molecule has 0 spiro atoms. The van der Waals surface area contributed by atoms with E-state index in [-0.39, 0.29) is 12.4 Å². The van der Waals surface area contributed by atoms with Crippen molar-refractivity contribution in [3.8, 4) is 0 Å². The van der Waals surface area contributed by atoms with Crippen LogP contribution in [0.15, 0.2) is 11.1 Å². The zero-order valence-electron chi connectivity index (χ0n) is 13.5. The lowest BCUT2D eigenvalue weighted by atomic mass is 9.84. The lowest BCUT2D eigenvalue weighted by Crippen LogP contribution is -2.59. The maximum Gasteiger partial charge on any atom is 0.187 e. The molecule has 1 aliphatic carbocycles. The van der Waals surface area contributed by atoms with Crippen molar-refractivity contribution in [3.63, 3.8) is 0 Å². The van der Waals surface area contributed by atoms with Crippen LogP contribution in [0.3, 0.4) is 0 Å². The molecule has 2 rings (SSSR count). The number of aliphatic hydroxyl groups excluding tert-OH is 4. The summed E-state index contributed by atoms with van der Waals surface area (Å²) < 4.78 is 10.7. The van der Waals surface area contributed by atoms with E-state index in [0.717, 1.165) is 17.6 Å². The van der Waals surface area contributed by atoms with Crippen molar-refractivity contribution in [3.05, 3.63) is 11.1 Å². The number of ether oxygens (including phenoxy) is 2. The first kappa shape index (κ1) is 18.5. The third kappa shape index (κ3) is 4.17. The van der Waals surface area contributed by atoms with Gasteiger partial charge in [0.05, 0.1) is 13.2 Å². The minimum Gasteiger partial charge on any atom is -0.394 e. The summed E-state index contributed by atoms with van der Waals surface area (Å²) in [6.07, 6.45) is -4.25. The summed E-state index contributed by atoms with van der Waals surface area (Å²) in [6, 6.07) is 0. The van der Waals surface area contributed by atoms with Gasteiger partial charge in [0.2, 0.25) is 0 Å². The molecule has 0 radical (unpaired) electrons. The van der Waals surface area contributed by atoms with Gasteiger partial charge >= 0.3 is 0 Å². The van der Waals surface area contributed by atoms with E-state index < -0.39 is 37.3 Å². The molecule has 132 valence electrons. The minimum absolute atomic E-state index is 0.0815. The number of allylic oxidation sites excluding steroid dienone is 1. The zero-order valence-corrected chi connectivity index (χ0v) is 13.5. The van der Waals surface area contributed by atoms with Gasteiger partial charge < -0.3 is 29.9 Å². The second-order valence-corrected chi connectivity index (χ2v) is 6.54. The predicted octanol–water partition coefficient (Wildman–Crippen LogP) is -0.492. The number of ketones is 1. The molecule has 7 heteroatoms. The Morgan fingerprint density at radius 1 is 1.26 bits per heavy atom. The minimum atomic E-state index is -1.46. The maximum absolute atomic E-state index is 12.1. The van der Waals surface area contributed by atoms with Crippen LogP contribution >= 0.6 is 0 Å². The number of hydrogen-bond donors (Lipinski definition) is 4. The van der Waals surface area contributed by atoms with Gasteiger partial charge in [-0.15, -0.1) is 0 Å². The van der Waals surface area contributed by atoms with E-state index in [9.17, 15) is 20.1 Å². The molecule has 0 aromatic heterocycles. The summed E-state index contributed by atoms with van der Waals surface area (Å²) in [5.74, 6) is 0.518. The average molecular weight is 330 g/mol. The monoisotopic (exact) mass is 330 g/mol. The molecule has 1 saturated heterocycles. The van der Waals surface area contributed by atoms with Crippen LogP contribution in [0.5, 0.6) is 0 Å². The fourth-order valence-corrected chi connectivity index (χ4v) is 3.02. The fourth-order valence-electron chi connectivity index (χ4n) is 3.02. The van der Waals surface area contributed by atoms with Crippen LogP contribution in [-0.2, 0) is 14.3 Å². The van der Waals surface area contributed by atoms with E-state index in [1.165, 1.54) is 0 Å². The second kappa shape index (κ2) is 7.83. The highest BCUT2D eigenvalue weighted by atomic mass is 16.7. The Morgan fingerprint density at radius 3 is 2.57 bits per heavy atom. The molecule has 0 unspecified atom stereocenters. The van der Waals surface area contributed by atoms with Crippen molar-refractivity contribution in [2.45, 2.75) is 63.8 Å². The Bertz CT molecular complexity index is 459. The van der Waals surface area contributed by atoms with Gasteiger partial charge in [-0.3, -0.25) is 4.79 Å². The normalized spacial score (nSPS) is 41.0. The van der Waals surface area contributed by atoms with Gasteiger partial charge in [0.1, 0.15) is 24.4 Å². The number of aliphatic hydroxyl groups is 4. The molecule has 0 aromatic carbocycles. The van der Waals surface area contributed by atoms with Crippen molar-refractivity contribution in [1.82, 2.24) is 0 Å². The smallest absolute Gasteiger partial charge is 0.187 e. The quantitative estimate of drug-likeness (QED) is 0.514. The highest BCUT2D eigenvalue weighted by Gasteiger charge is 2.44. The van der Waals surface area contributed by atoms with Gasteiger partial charge in [0, 0.05) is 6.42 Å². The molecule has 1 saturated carbocycles. The Hall–Kier alpha value is -0.830. The van der Waals surface area contributed by atoms with Crippen LogP contribution < -0.4 is 0 Å². The largest absolute Gasteiger partial charge is 0.394 e. The summed E-state index contributed by atoms with van der Waals surface area (Å²) >= 11 is 0. The summed E-state index contributed by atoms with van der Waals surface area (Å²) in [5, 5.41) is 38.5. The molecule has 0 amide bonds. The standard InChI is InChI=1S/C16H26O7/c1-8-3-4-10(11(18)5-8)9(2)7-22-16-15(21)14(20)13(19)12(6-17)23-16/h8,12-17,19-21H,3-7H2,1-2H3/b10-9+/t8-,12+,13+,14-,15+,16+/m0/s1. The third-order valence-electron chi connectivity index (χ3n) is 4.59. The zero-order chi connectivity index (χ0) is 17.1. The van der Waals surface area contributed by atoms with Crippen molar-refractivity contribution in [2.24, 2.45) is 5.92 Å². The van der Waals surface area contributed by atoms with Gasteiger partial charge in [-0.2, -0.15) is 0 Å². The van der Waals surface area contributed by atoms with Gasteiger partial charge in [-0.25, -0.2) is 0 Å². The van der Waals surface area contributed by atoms with Gasteiger partial charge in [0.25, 0.3) is 0 Å². The Labute approximate surface area is 135 Å². The van der Waals surface area contributed by atoms with E-state index in [1.54, 1.807) is 6.92 Å². The first-order valence-corrected chi connectivity index (χ1v) is 7.99. The molecule has 0 aromatic rings. The van der Waals surface area contributed by atoms with Crippen LogP contribution in [0, 0.1) is 5.92 Å². The molecule has 2 aliphatic rings. The van der Waals surface area contributed by atoms with Crippen LogP contribution in [0.25, 0.3) is 0 Å². The number of carbonyl (C=O) groups excluding carboxylic acids is 1. The van der Waals surface area contributed by atoms with Crippen LogP contribution in [0.1, 0.15) is 33.1 Å². The Kier molecular flexibility index (Phi) is 6.30. The Balaban J connectivity index is 1.98. The number of hydrogen-bond acceptors (Lipinski definition) is 7. The number of rotatable bonds is 4. The molecule has 2 fully saturated rings. The van der Waals surface area contributed by atoms with Crippen LogP contribution in [0.2, 0.25) is 0 Å². The average Bonchev–Trinajstić information content (AvgIpc) is 2.51. The molecule has 4 N–H and O–H groups in total. The van der Waals surface area contributed by atoms with Crippen molar-refractivity contribution < 1.29 is 34.7 Å². The van der Waals surface area contributed by atoms with Gasteiger partial charge in [-0.1, -0.05) is 6.92 Å². The fraction of sp³-hybridized carbons (Fsp3) is 0.812. The number of carbonyl (C=O) groups is 1. The lowest BCUT2D eigenvalue weighted by Gasteiger charge is -2.39.